The molecule has 0 amide bonds. The smallest absolute Gasteiger partial charge is 0.184 e. The van der Waals surface area contributed by atoms with Crippen LogP contribution in [0.25, 0.3) is 0 Å². The molecule has 161 valence electrons. The number of hydrogen-bond acceptors (Lipinski definition) is 4. The van der Waals surface area contributed by atoms with E-state index in [0.29, 0.717) is 5.75 Å². The second kappa shape index (κ2) is 17.8. The predicted molar refractivity (Wildman–Crippen MR) is 105 cm³/mol. The van der Waals surface area contributed by atoms with Crippen LogP contribution in [0.3, 0.4) is 0 Å². The molecule has 6 nitrogen and oxygen atoms in total. The molecule has 0 heterocycles. The molecule has 1 radical (unpaired) electrons. The largest absolute Gasteiger partial charge is 1.00 e. The van der Waals surface area contributed by atoms with Crippen LogP contribution in [0.2, 0.25) is 0 Å². The Morgan fingerprint density at radius 2 is 1.82 bits per heavy atom. The minimum absolute atomic E-state index is 0. The molecule has 0 aliphatic rings. The molecule has 28 heavy (non-hydrogen) atoms. The first-order valence-corrected chi connectivity index (χ1v) is 8.11. The topological polar surface area (TPSA) is 84.3 Å². The van der Waals surface area contributed by atoms with Gasteiger partial charge in [0.2, 0.25) is 0 Å². The van der Waals surface area contributed by atoms with Crippen molar-refractivity contribution in [2.24, 2.45) is 10.8 Å². The van der Waals surface area contributed by atoms with Gasteiger partial charge in [-0.25, -0.2) is 0 Å². The molecular formula is C18H25AuCl2N4O2S-. The molecule has 0 saturated heterocycles. The Labute approximate surface area is 199 Å². The summed E-state index contributed by atoms with van der Waals surface area (Å²) in [6, 6.07) is 15.4. The Kier molecular flexibility index (Phi) is 19.9. The number of hydrazone groups is 1. The SMILES string of the molecule is COc1cc(/C=N/NC(N)=S)ccc1O.C[NH+](C)Cc1ccccc1.[Au].[Cl-].[Cl-]. The van der Waals surface area contributed by atoms with Crippen LogP contribution in [0.15, 0.2) is 53.6 Å². The van der Waals surface area contributed by atoms with E-state index in [1.807, 2.05) is 0 Å². The Balaban J connectivity index is -0.000000427. The summed E-state index contributed by atoms with van der Waals surface area (Å²) in [5, 5.41) is 13.2. The zero-order chi connectivity index (χ0) is 18.7. The van der Waals surface area contributed by atoms with Gasteiger partial charge in [-0.2, -0.15) is 5.10 Å². The number of nitrogens with zero attached hydrogens (tertiary/aromatic N) is 1. The van der Waals surface area contributed by atoms with E-state index in [1.165, 1.54) is 29.9 Å². The average Bonchev–Trinajstić information content (AvgIpc) is 2.57. The number of quaternary nitrogens is 1. The molecule has 5 N–H and O–H groups in total. The van der Waals surface area contributed by atoms with Crippen molar-refractivity contribution in [3.63, 3.8) is 0 Å². The van der Waals surface area contributed by atoms with Gasteiger partial charge in [0.1, 0.15) is 6.54 Å². The summed E-state index contributed by atoms with van der Waals surface area (Å²) < 4.78 is 4.93. The summed E-state index contributed by atoms with van der Waals surface area (Å²) in [5.74, 6) is 0.464. The molecule has 0 saturated carbocycles. The fraction of sp³-hybridized carbons (Fsp3) is 0.222. The zero-order valence-corrected chi connectivity index (χ0v) is 20.2. The van der Waals surface area contributed by atoms with Gasteiger partial charge >= 0.3 is 0 Å². The number of phenols is 1. The molecule has 0 bridgehead atoms. The van der Waals surface area contributed by atoms with Crippen molar-refractivity contribution in [1.29, 1.82) is 0 Å². The van der Waals surface area contributed by atoms with Crippen LogP contribution in [0.5, 0.6) is 11.5 Å². The molecule has 2 aromatic rings. The van der Waals surface area contributed by atoms with E-state index in [4.69, 9.17) is 10.5 Å². The zero-order valence-electron chi connectivity index (χ0n) is 15.7. The number of thiocarbonyl (C=S) groups is 1. The molecule has 0 aromatic heterocycles. The predicted octanol–water partition coefficient (Wildman–Crippen LogP) is -5.10. The fourth-order valence-corrected chi connectivity index (χ4v) is 2.00. The van der Waals surface area contributed by atoms with Gasteiger partial charge in [-0.3, -0.25) is 5.43 Å². The Bertz CT molecular complexity index is 707. The number of nitrogens with one attached hydrogen (secondary N) is 2. The van der Waals surface area contributed by atoms with Gasteiger partial charge in [-0.15, -0.1) is 0 Å². The summed E-state index contributed by atoms with van der Waals surface area (Å²) in [6.07, 6.45) is 1.52. The van der Waals surface area contributed by atoms with Gasteiger partial charge in [-0.1, -0.05) is 30.3 Å². The Morgan fingerprint density at radius 1 is 1.21 bits per heavy atom. The molecule has 2 rings (SSSR count). The van der Waals surface area contributed by atoms with Crippen LogP contribution in [0, 0.1) is 0 Å². The Morgan fingerprint density at radius 3 is 2.32 bits per heavy atom. The minimum Gasteiger partial charge on any atom is -1.00 e. The summed E-state index contributed by atoms with van der Waals surface area (Å²) in [4.78, 5) is 1.46. The molecule has 0 atom stereocenters. The standard InChI is InChI=1S/C9H11N3O2S.C9H13N.Au.2ClH/c1-14-8-4-6(2-3-7(8)13)5-11-12-9(10)15;1-10(2)8-9-6-4-3-5-7-9;;;/h2-5,13H,1H3,(H3,10,12,15);3-7H,8H2,1-2H3;;2*1H/p-1/b11-5+;;;;. The number of rotatable bonds is 5. The second-order valence-electron chi connectivity index (χ2n) is 5.54. The average molecular weight is 629 g/mol. The maximum atomic E-state index is 9.32. The molecule has 10 heteroatoms. The number of halogens is 2. The molecular weight excluding hydrogens is 604 g/mol. The van der Waals surface area contributed by atoms with Crippen LogP contribution >= 0.6 is 12.2 Å². The normalized spacial score (nSPS) is 9.14. The third kappa shape index (κ3) is 13.8. The number of methoxy groups -OCH3 is 1. The summed E-state index contributed by atoms with van der Waals surface area (Å²) >= 11 is 4.57. The molecule has 0 fully saturated rings. The number of benzene rings is 2. The van der Waals surface area contributed by atoms with Crippen LogP contribution in [0.1, 0.15) is 11.1 Å². The first kappa shape index (κ1) is 31.4. The van der Waals surface area contributed by atoms with Crippen molar-refractivity contribution in [2.45, 2.75) is 6.54 Å². The van der Waals surface area contributed by atoms with Gasteiger partial charge in [0.15, 0.2) is 16.6 Å². The van der Waals surface area contributed by atoms with Crippen LogP contribution in [0.4, 0.5) is 0 Å². The molecule has 0 aliphatic heterocycles. The summed E-state index contributed by atoms with van der Waals surface area (Å²) in [5.41, 5.74) is 9.76. The third-order valence-electron chi connectivity index (χ3n) is 2.99. The molecule has 2 aromatic carbocycles. The maximum absolute atomic E-state index is 9.32. The summed E-state index contributed by atoms with van der Waals surface area (Å²) in [7, 11) is 5.79. The minimum atomic E-state index is 0. The quantitative estimate of drug-likeness (QED) is 0.115. The number of phenolic OH excluding ortho intramolecular Hbond substituents is 1. The number of ether oxygens (including phenoxy) is 1. The maximum Gasteiger partial charge on any atom is 0.184 e. The number of hydrogen-bond donors (Lipinski definition) is 4. The van der Waals surface area contributed by atoms with E-state index in [2.05, 4.69) is 67.2 Å². The van der Waals surface area contributed by atoms with E-state index in [-0.39, 0.29) is 58.1 Å². The van der Waals surface area contributed by atoms with Crippen molar-refractivity contribution in [2.75, 3.05) is 21.2 Å². The van der Waals surface area contributed by atoms with Gasteiger partial charge in [-0.05, 0) is 36.0 Å². The van der Waals surface area contributed by atoms with Gasteiger partial charge in [0.05, 0.1) is 27.4 Å². The summed E-state index contributed by atoms with van der Waals surface area (Å²) in [6.45, 7) is 1.11. The first-order chi connectivity index (χ1) is 11.9. The van der Waals surface area contributed by atoms with Crippen molar-refractivity contribution >= 4 is 23.5 Å². The van der Waals surface area contributed by atoms with Gasteiger partial charge in [0, 0.05) is 27.9 Å². The van der Waals surface area contributed by atoms with E-state index in [9.17, 15) is 5.11 Å². The second-order valence-corrected chi connectivity index (χ2v) is 5.97. The number of nitrogens with two attached hydrogens (primary N) is 1. The molecule has 0 spiro atoms. The van der Waals surface area contributed by atoms with Gasteiger partial charge < -0.3 is 45.3 Å². The van der Waals surface area contributed by atoms with Crippen molar-refractivity contribution < 1.29 is 61.9 Å². The van der Waals surface area contributed by atoms with E-state index in [0.717, 1.165) is 12.1 Å². The van der Waals surface area contributed by atoms with E-state index < -0.39 is 0 Å². The first-order valence-electron chi connectivity index (χ1n) is 7.71. The van der Waals surface area contributed by atoms with E-state index >= 15 is 0 Å². The molecule has 0 aliphatic carbocycles. The fourth-order valence-electron chi connectivity index (χ4n) is 1.95. The van der Waals surface area contributed by atoms with Crippen LogP contribution in [-0.2, 0) is 28.9 Å². The number of aromatic hydroxyl groups is 1. The van der Waals surface area contributed by atoms with Gasteiger partial charge in [0.25, 0.3) is 0 Å². The van der Waals surface area contributed by atoms with Crippen molar-refractivity contribution in [3.05, 3.63) is 59.7 Å². The van der Waals surface area contributed by atoms with Crippen molar-refractivity contribution in [1.82, 2.24) is 5.43 Å². The van der Waals surface area contributed by atoms with E-state index in [1.54, 1.807) is 12.1 Å². The van der Waals surface area contributed by atoms with Crippen molar-refractivity contribution in [3.8, 4) is 11.5 Å². The molecule has 0 unspecified atom stereocenters. The monoisotopic (exact) mass is 628 g/mol. The van der Waals surface area contributed by atoms with Crippen LogP contribution in [-0.4, -0.2) is 37.6 Å². The third-order valence-corrected chi connectivity index (χ3v) is 3.08. The van der Waals surface area contributed by atoms with Crippen LogP contribution < -0.4 is 45.6 Å². The Hall–Kier alpha value is -1.32.